The molecule has 30 heavy (non-hydrogen) atoms. The van der Waals surface area contributed by atoms with Gasteiger partial charge in [0.25, 0.3) is 0 Å². The lowest BCUT2D eigenvalue weighted by atomic mass is 9.91. The van der Waals surface area contributed by atoms with Crippen molar-refractivity contribution in [3.05, 3.63) is 46.7 Å². The zero-order valence-electron chi connectivity index (χ0n) is 18.2. The van der Waals surface area contributed by atoms with E-state index in [1.54, 1.807) is 0 Å². The van der Waals surface area contributed by atoms with E-state index in [1.807, 2.05) is 35.7 Å². The summed E-state index contributed by atoms with van der Waals surface area (Å²) in [5, 5.41) is 14.9. The van der Waals surface area contributed by atoms with Gasteiger partial charge in [-0.05, 0) is 13.0 Å². The second kappa shape index (κ2) is 8.17. The molecule has 6 nitrogen and oxygen atoms in total. The number of aryl methyl sites for hydroxylation is 1. The van der Waals surface area contributed by atoms with E-state index >= 15 is 0 Å². The number of rotatable bonds is 4. The van der Waals surface area contributed by atoms with Gasteiger partial charge < -0.3 is 14.9 Å². The summed E-state index contributed by atoms with van der Waals surface area (Å²) in [6.45, 7) is 13.5. The van der Waals surface area contributed by atoms with E-state index in [4.69, 9.17) is 21.7 Å². The Balaban J connectivity index is 1.87. The normalized spacial score (nSPS) is 15.9. The summed E-state index contributed by atoms with van der Waals surface area (Å²) in [4.78, 5) is 8.91. The van der Waals surface area contributed by atoms with E-state index < -0.39 is 0 Å². The van der Waals surface area contributed by atoms with E-state index in [-0.39, 0.29) is 12.0 Å². The Bertz CT molecular complexity index is 1050. The highest BCUT2D eigenvalue weighted by Gasteiger charge is 2.27. The van der Waals surface area contributed by atoms with Crippen molar-refractivity contribution in [2.24, 2.45) is 0 Å². The molecule has 3 heterocycles. The van der Waals surface area contributed by atoms with Gasteiger partial charge in [-0.3, -0.25) is 0 Å². The molecular weight excluding hydrogens is 398 g/mol. The molecular formula is C23H31ClN5O+. The van der Waals surface area contributed by atoms with Crippen LogP contribution in [0.5, 0.6) is 0 Å². The Morgan fingerprint density at radius 3 is 2.50 bits per heavy atom. The van der Waals surface area contributed by atoms with Crippen LogP contribution in [0.1, 0.15) is 32.2 Å². The van der Waals surface area contributed by atoms with Gasteiger partial charge in [0.1, 0.15) is 12.4 Å². The van der Waals surface area contributed by atoms with Crippen molar-refractivity contribution in [3.63, 3.8) is 0 Å². The number of benzene rings is 1. The highest BCUT2D eigenvalue weighted by molar-refractivity contribution is 6.33. The number of hydrogen-bond donors (Lipinski definition) is 2. The minimum atomic E-state index is -0.0869. The molecule has 0 bridgehead atoms. The first-order chi connectivity index (χ1) is 14.3. The number of quaternary nitrogens is 1. The van der Waals surface area contributed by atoms with E-state index in [9.17, 15) is 5.11 Å². The first-order valence-corrected chi connectivity index (χ1v) is 11.0. The number of fused-ring (bicyclic) bond motifs is 1. The summed E-state index contributed by atoms with van der Waals surface area (Å²) in [6.07, 6.45) is 0. The standard InChI is InChI=1S/C23H30ClN5O/c1-16-21(17-7-5-6-8-18(17)24)22-25-19(23(2,3)4)15-20(29(22)26-16)28-11-9-27(10-12-28)13-14-30/h5-8,15,30H,9-14H2,1-4H3/p+1. The number of aliphatic hydroxyl groups is 1. The molecule has 2 N–H and O–H groups in total. The summed E-state index contributed by atoms with van der Waals surface area (Å²) in [5.74, 6) is 1.08. The summed E-state index contributed by atoms with van der Waals surface area (Å²) in [6, 6.07) is 10.1. The molecule has 0 atom stereocenters. The highest BCUT2D eigenvalue weighted by atomic mass is 35.5. The van der Waals surface area contributed by atoms with Gasteiger partial charge in [0, 0.05) is 22.1 Å². The maximum Gasteiger partial charge on any atom is 0.165 e. The Labute approximate surface area is 183 Å². The van der Waals surface area contributed by atoms with Crippen LogP contribution in [0.25, 0.3) is 16.8 Å². The summed E-state index contributed by atoms with van der Waals surface area (Å²) in [5.41, 5.74) is 4.70. The molecule has 4 rings (SSSR count). The number of nitrogens with one attached hydrogen (secondary N) is 1. The number of piperazine rings is 1. The molecule has 7 heteroatoms. The minimum Gasteiger partial charge on any atom is -0.391 e. The van der Waals surface area contributed by atoms with Crippen molar-refractivity contribution in [1.29, 1.82) is 0 Å². The van der Waals surface area contributed by atoms with Gasteiger partial charge in [0.2, 0.25) is 0 Å². The lowest BCUT2D eigenvalue weighted by Gasteiger charge is -2.34. The predicted octanol–water partition coefficient (Wildman–Crippen LogP) is 2.35. The van der Waals surface area contributed by atoms with Crippen LogP contribution >= 0.6 is 11.6 Å². The number of halogens is 1. The highest BCUT2D eigenvalue weighted by Crippen LogP contribution is 2.36. The van der Waals surface area contributed by atoms with Crippen LogP contribution in [0.3, 0.4) is 0 Å². The van der Waals surface area contributed by atoms with Crippen LogP contribution in [0, 0.1) is 6.92 Å². The first kappa shape index (κ1) is 21.1. The van der Waals surface area contributed by atoms with E-state index in [1.165, 1.54) is 4.90 Å². The van der Waals surface area contributed by atoms with Crippen LogP contribution < -0.4 is 9.80 Å². The summed E-state index contributed by atoms with van der Waals surface area (Å²) in [7, 11) is 0. The molecule has 0 aliphatic carbocycles. The second-order valence-electron chi connectivity index (χ2n) is 9.14. The SMILES string of the molecule is Cc1nn2c(N3CC[NH+](CCO)CC3)cc(C(C)(C)C)nc2c1-c1ccccc1Cl. The molecule has 160 valence electrons. The Kier molecular flexibility index (Phi) is 5.75. The maximum absolute atomic E-state index is 9.27. The first-order valence-electron chi connectivity index (χ1n) is 10.6. The molecule has 1 aromatic carbocycles. The van der Waals surface area contributed by atoms with E-state index in [0.29, 0.717) is 5.02 Å². The number of aromatic nitrogens is 3. The third kappa shape index (κ3) is 3.92. The van der Waals surface area contributed by atoms with Crippen LogP contribution in [0.15, 0.2) is 30.3 Å². The van der Waals surface area contributed by atoms with Crippen LogP contribution in [0.2, 0.25) is 5.02 Å². The van der Waals surface area contributed by atoms with Crippen molar-refractivity contribution in [1.82, 2.24) is 14.6 Å². The van der Waals surface area contributed by atoms with Gasteiger partial charge in [0.15, 0.2) is 5.65 Å². The predicted molar refractivity (Wildman–Crippen MR) is 122 cm³/mol. The lowest BCUT2D eigenvalue weighted by molar-refractivity contribution is -0.900. The third-order valence-corrected chi connectivity index (χ3v) is 6.25. The Hall–Kier alpha value is -2.15. The van der Waals surface area contributed by atoms with E-state index in [0.717, 1.165) is 66.7 Å². The molecule has 0 amide bonds. The van der Waals surface area contributed by atoms with Gasteiger partial charge in [-0.2, -0.15) is 9.61 Å². The van der Waals surface area contributed by atoms with Gasteiger partial charge >= 0.3 is 0 Å². The zero-order valence-corrected chi connectivity index (χ0v) is 19.0. The summed E-state index contributed by atoms with van der Waals surface area (Å²) >= 11 is 6.55. The average Bonchev–Trinajstić information content (AvgIpc) is 3.04. The zero-order chi connectivity index (χ0) is 21.5. The smallest absolute Gasteiger partial charge is 0.165 e. The van der Waals surface area contributed by atoms with Gasteiger partial charge in [0.05, 0.1) is 49.7 Å². The number of aliphatic hydroxyl groups excluding tert-OH is 1. The third-order valence-electron chi connectivity index (χ3n) is 5.92. The van der Waals surface area contributed by atoms with Gasteiger partial charge in [-0.25, -0.2) is 4.98 Å². The van der Waals surface area contributed by atoms with Crippen LogP contribution in [-0.4, -0.2) is 59.0 Å². The van der Waals surface area contributed by atoms with Crippen molar-refractivity contribution in [2.45, 2.75) is 33.1 Å². The Morgan fingerprint density at radius 2 is 1.87 bits per heavy atom. The summed E-state index contributed by atoms with van der Waals surface area (Å²) < 4.78 is 1.99. The average molecular weight is 429 g/mol. The van der Waals surface area contributed by atoms with Crippen molar-refractivity contribution in [3.8, 4) is 11.1 Å². The molecule has 1 aliphatic rings. The second-order valence-corrected chi connectivity index (χ2v) is 9.54. The lowest BCUT2D eigenvalue weighted by Crippen LogP contribution is -3.15. The molecule has 0 unspecified atom stereocenters. The topological polar surface area (TPSA) is 58.1 Å². The molecule has 0 saturated carbocycles. The van der Waals surface area contributed by atoms with Gasteiger partial charge in [-0.1, -0.05) is 50.6 Å². The molecule has 2 aromatic heterocycles. The molecule has 1 aliphatic heterocycles. The fourth-order valence-corrected chi connectivity index (χ4v) is 4.39. The number of nitrogens with zero attached hydrogens (tertiary/aromatic N) is 4. The number of hydrogen-bond acceptors (Lipinski definition) is 4. The molecule has 3 aromatic rings. The fraction of sp³-hybridized carbons (Fsp3) is 0.478. The van der Waals surface area contributed by atoms with Crippen LogP contribution in [0.4, 0.5) is 5.82 Å². The van der Waals surface area contributed by atoms with Crippen molar-refractivity contribution in [2.75, 3.05) is 44.2 Å². The quantitative estimate of drug-likeness (QED) is 0.669. The molecule has 0 spiro atoms. The van der Waals surface area contributed by atoms with Crippen molar-refractivity contribution < 1.29 is 10.0 Å². The molecule has 0 radical (unpaired) electrons. The van der Waals surface area contributed by atoms with Gasteiger partial charge in [-0.15, -0.1) is 0 Å². The van der Waals surface area contributed by atoms with Crippen LogP contribution in [-0.2, 0) is 5.41 Å². The number of anilines is 1. The Morgan fingerprint density at radius 1 is 1.17 bits per heavy atom. The minimum absolute atomic E-state index is 0.0869. The largest absolute Gasteiger partial charge is 0.391 e. The fourth-order valence-electron chi connectivity index (χ4n) is 4.16. The van der Waals surface area contributed by atoms with Crippen molar-refractivity contribution >= 4 is 23.1 Å². The maximum atomic E-state index is 9.27. The van der Waals surface area contributed by atoms with E-state index in [2.05, 4.69) is 31.7 Å². The molecule has 1 saturated heterocycles. The molecule has 1 fully saturated rings. The monoisotopic (exact) mass is 428 g/mol.